The molecule has 0 radical (unpaired) electrons. The molecule has 0 saturated heterocycles. The molecule has 0 fully saturated rings. The van der Waals surface area contributed by atoms with E-state index in [0.29, 0.717) is 0 Å². The first-order valence-electron chi connectivity index (χ1n) is 17.7. The lowest BCUT2D eigenvalue weighted by Gasteiger charge is -2.21. The van der Waals surface area contributed by atoms with E-state index in [1.165, 1.54) is 77.4 Å². The van der Waals surface area contributed by atoms with Gasteiger partial charge in [0.05, 0.1) is 11.0 Å². The third-order valence-electron chi connectivity index (χ3n) is 12.0. The lowest BCUT2D eigenvalue weighted by atomic mass is 9.82. The van der Waals surface area contributed by atoms with Crippen LogP contribution in [0.5, 0.6) is 0 Å². The Kier molecular flexibility index (Phi) is 5.28. The van der Waals surface area contributed by atoms with Gasteiger partial charge in [-0.1, -0.05) is 131 Å². The van der Waals surface area contributed by atoms with Gasteiger partial charge < -0.3 is 8.98 Å². The smallest absolute Gasteiger partial charge is 0.143 e. The second-order valence-corrected chi connectivity index (χ2v) is 15.3. The molecule has 9 aromatic rings. The van der Waals surface area contributed by atoms with Crippen molar-refractivity contribution >= 4 is 43.7 Å². The largest absolute Gasteiger partial charge is 0.455 e. The normalized spacial score (nSPS) is 15.1. The Morgan fingerprint density at radius 1 is 0.420 bits per heavy atom. The highest BCUT2D eigenvalue weighted by molar-refractivity contribution is 6.16. The van der Waals surface area contributed by atoms with Crippen LogP contribution in [0.25, 0.3) is 82.8 Å². The van der Waals surface area contributed by atoms with Gasteiger partial charge in [0, 0.05) is 49.2 Å². The van der Waals surface area contributed by atoms with Crippen molar-refractivity contribution < 1.29 is 4.42 Å². The molecule has 0 amide bonds. The van der Waals surface area contributed by atoms with Crippen LogP contribution in [0, 0.1) is 0 Å². The van der Waals surface area contributed by atoms with Crippen LogP contribution in [0.2, 0.25) is 0 Å². The molecule has 7 aromatic carbocycles. The molecule has 2 heterocycles. The molecule has 0 aliphatic heterocycles. The highest BCUT2D eigenvalue weighted by atomic mass is 16.3. The summed E-state index contributed by atoms with van der Waals surface area (Å²) in [5.41, 5.74) is 18.4. The topological polar surface area (TPSA) is 18.1 Å². The Morgan fingerprint density at radius 3 is 1.90 bits per heavy atom. The Balaban J connectivity index is 1.19. The van der Waals surface area contributed by atoms with E-state index < -0.39 is 0 Å². The van der Waals surface area contributed by atoms with Gasteiger partial charge in [-0.05, 0) is 80.9 Å². The van der Waals surface area contributed by atoms with Crippen LogP contribution in [-0.4, -0.2) is 4.57 Å². The van der Waals surface area contributed by atoms with Crippen LogP contribution in [0.3, 0.4) is 0 Å². The van der Waals surface area contributed by atoms with Crippen LogP contribution >= 0.6 is 0 Å². The zero-order valence-electron chi connectivity index (χ0n) is 28.6. The van der Waals surface area contributed by atoms with Crippen LogP contribution in [0.4, 0.5) is 0 Å². The monoisotopic (exact) mass is 641 g/mol. The van der Waals surface area contributed by atoms with Gasteiger partial charge in [-0.15, -0.1) is 0 Å². The van der Waals surface area contributed by atoms with Crippen molar-refractivity contribution in [2.45, 2.75) is 38.5 Å². The Morgan fingerprint density at radius 2 is 1.08 bits per heavy atom. The SMILES string of the molecule is CC1(C)c2ccccc2-c2cc3c4cc(-c5cccc6c5oc5c7c(ccc56)C(C)(C)c5ccccc5-7)ccc4n(-c4ccccc4)c3cc21. The highest BCUT2D eigenvalue weighted by Crippen LogP contribution is 2.54. The maximum Gasteiger partial charge on any atom is 0.143 e. The summed E-state index contributed by atoms with van der Waals surface area (Å²) in [7, 11) is 0. The van der Waals surface area contributed by atoms with E-state index in [1.54, 1.807) is 0 Å². The molecule has 238 valence electrons. The molecule has 0 saturated carbocycles. The fraction of sp³-hybridized carbons (Fsp3) is 0.125. The van der Waals surface area contributed by atoms with E-state index in [1.807, 2.05) is 0 Å². The first-order chi connectivity index (χ1) is 24.3. The van der Waals surface area contributed by atoms with Crippen LogP contribution in [-0.2, 0) is 10.8 Å². The second kappa shape index (κ2) is 9.43. The summed E-state index contributed by atoms with van der Waals surface area (Å²) >= 11 is 0. The summed E-state index contributed by atoms with van der Waals surface area (Å²) in [4.78, 5) is 0. The second-order valence-electron chi connectivity index (χ2n) is 15.3. The summed E-state index contributed by atoms with van der Waals surface area (Å²) in [6.45, 7) is 9.38. The van der Waals surface area contributed by atoms with E-state index in [2.05, 4.69) is 172 Å². The predicted octanol–water partition coefficient (Wildman–Crippen LogP) is 13.0. The molecule has 2 heteroatoms. The van der Waals surface area contributed by atoms with E-state index in [9.17, 15) is 0 Å². The van der Waals surface area contributed by atoms with Gasteiger partial charge in [-0.2, -0.15) is 0 Å². The number of aromatic nitrogens is 1. The number of hydrogen-bond donors (Lipinski definition) is 0. The Hall–Kier alpha value is -5.86. The summed E-state index contributed by atoms with van der Waals surface area (Å²) < 4.78 is 9.46. The van der Waals surface area contributed by atoms with Crippen LogP contribution in [0.1, 0.15) is 49.9 Å². The average Bonchev–Trinajstić information content (AvgIpc) is 3.82. The van der Waals surface area contributed by atoms with Crippen molar-refractivity contribution in [1.82, 2.24) is 4.57 Å². The molecule has 0 spiro atoms. The molecule has 0 N–H and O–H groups in total. The molecular weight excluding hydrogens is 607 g/mol. The zero-order chi connectivity index (χ0) is 33.5. The Labute approximate surface area is 291 Å². The molecule has 0 atom stereocenters. The number of fused-ring (bicyclic) bond motifs is 13. The maximum atomic E-state index is 7.02. The molecule has 0 unspecified atom stereocenters. The summed E-state index contributed by atoms with van der Waals surface area (Å²) in [5, 5.41) is 4.85. The van der Waals surface area contributed by atoms with E-state index in [-0.39, 0.29) is 10.8 Å². The number of furan rings is 1. The lowest BCUT2D eigenvalue weighted by Crippen LogP contribution is -2.14. The van der Waals surface area contributed by atoms with E-state index in [0.717, 1.165) is 27.7 Å². The van der Waals surface area contributed by atoms with Gasteiger partial charge in [0.15, 0.2) is 0 Å². The van der Waals surface area contributed by atoms with Gasteiger partial charge in [0.1, 0.15) is 11.2 Å². The minimum Gasteiger partial charge on any atom is -0.455 e. The van der Waals surface area contributed by atoms with E-state index >= 15 is 0 Å². The van der Waals surface area contributed by atoms with Crippen molar-refractivity contribution in [3.05, 3.63) is 162 Å². The van der Waals surface area contributed by atoms with Gasteiger partial charge in [0.2, 0.25) is 0 Å². The van der Waals surface area contributed by atoms with Crippen LogP contribution in [0.15, 0.2) is 144 Å². The van der Waals surface area contributed by atoms with Crippen molar-refractivity contribution in [2.24, 2.45) is 0 Å². The molecule has 50 heavy (non-hydrogen) atoms. The maximum absolute atomic E-state index is 7.02. The summed E-state index contributed by atoms with van der Waals surface area (Å²) in [6.07, 6.45) is 0. The molecular formula is C48H35NO. The van der Waals surface area contributed by atoms with Crippen molar-refractivity contribution in [1.29, 1.82) is 0 Å². The number of rotatable bonds is 2. The van der Waals surface area contributed by atoms with Gasteiger partial charge in [0.25, 0.3) is 0 Å². The molecule has 2 aliphatic carbocycles. The first-order valence-corrected chi connectivity index (χ1v) is 17.7. The number of hydrogen-bond acceptors (Lipinski definition) is 1. The third-order valence-corrected chi connectivity index (χ3v) is 12.0. The fourth-order valence-electron chi connectivity index (χ4n) is 9.50. The minimum absolute atomic E-state index is 0.0733. The highest BCUT2D eigenvalue weighted by Gasteiger charge is 2.38. The number of para-hydroxylation sites is 2. The molecule has 11 rings (SSSR count). The van der Waals surface area contributed by atoms with E-state index in [4.69, 9.17) is 4.42 Å². The predicted molar refractivity (Wildman–Crippen MR) is 209 cm³/mol. The third kappa shape index (κ3) is 3.43. The summed E-state index contributed by atoms with van der Waals surface area (Å²) in [5.74, 6) is 0. The average molecular weight is 642 g/mol. The van der Waals surface area contributed by atoms with Crippen molar-refractivity contribution in [2.75, 3.05) is 0 Å². The Bertz CT molecular complexity index is 2910. The zero-order valence-corrected chi connectivity index (χ0v) is 28.6. The molecule has 0 bridgehead atoms. The minimum atomic E-state index is -0.0736. The summed E-state index contributed by atoms with van der Waals surface area (Å²) in [6, 6.07) is 51.6. The lowest BCUT2D eigenvalue weighted by molar-refractivity contribution is 0.653. The number of benzene rings is 7. The van der Waals surface area contributed by atoms with Crippen molar-refractivity contribution in [3.8, 4) is 39.1 Å². The molecule has 2 aliphatic rings. The fourth-order valence-corrected chi connectivity index (χ4v) is 9.50. The van der Waals surface area contributed by atoms with Crippen molar-refractivity contribution in [3.63, 3.8) is 0 Å². The standard InChI is InChI=1S/C48H35NO/c1-47(2)39-20-11-9-16-34(39)44-40(47)23-22-33-32-18-12-17-30(45(32)50-46(33)44)28-21-24-42-36(25-28)37-26-35-31-15-8-10-19-38(31)48(3,4)41(35)27-43(37)49(42)29-13-6-5-7-14-29/h5-27H,1-4H3. The van der Waals surface area contributed by atoms with Gasteiger partial charge in [-0.25, -0.2) is 0 Å². The quantitative estimate of drug-likeness (QED) is 0.184. The van der Waals surface area contributed by atoms with Crippen LogP contribution < -0.4 is 0 Å². The molecule has 2 nitrogen and oxygen atoms in total. The first kappa shape index (κ1) is 28.0. The molecule has 2 aromatic heterocycles. The number of nitrogens with zero attached hydrogens (tertiary/aromatic N) is 1. The van der Waals surface area contributed by atoms with Gasteiger partial charge in [-0.3, -0.25) is 0 Å². The van der Waals surface area contributed by atoms with Gasteiger partial charge >= 0.3 is 0 Å².